The number of rotatable bonds is 0. The number of hydrogen-bond acceptors (Lipinski definition) is 2. The van der Waals surface area contributed by atoms with Gasteiger partial charge in [0.15, 0.2) is 17.3 Å². The van der Waals surface area contributed by atoms with Gasteiger partial charge in [-0.1, -0.05) is 22.0 Å². The van der Waals surface area contributed by atoms with Gasteiger partial charge in [-0.15, -0.1) is 0 Å². The predicted molar refractivity (Wildman–Crippen MR) is 48.9 cm³/mol. The van der Waals surface area contributed by atoms with Gasteiger partial charge in [-0.25, -0.2) is 4.39 Å². The van der Waals surface area contributed by atoms with Gasteiger partial charge in [0.1, 0.15) is 11.4 Å². The van der Waals surface area contributed by atoms with Gasteiger partial charge in [-0.3, -0.25) is 4.79 Å². The molecule has 0 fully saturated rings. The molecule has 0 amide bonds. The van der Waals surface area contributed by atoms with E-state index in [0.29, 0.717) is 5.56 Å². The predicted octanol–water partition coefficient (Wildman–Crippen LogP) is 2.16. The highest BCUT2D eigenvalue weighted by Gasteiger charge is 2.28. The Kier molecular flexibility index (Phi) is 2.07. The Labute approximate surface area is 82.8 Å². The van der Waals surface area contributed by atoms with Crippen LogP contribution >= 0.6 is 15.9 Å². The highest BCUT2D eigenvalue weighted by atomic mass is 79.9. The molecule has 1 atom stereocenters. The molecule has 0 spiro atoms. The van der Waals surface area contributed by atoms with Gasteiger partial charge in [0.05, 0.1) is 5.56 Å². The number of ether oxygens (including phenoxy) is 1. The van der Waals surface area contributed by atoms with E-state index in [4.69, 9.17) is 4.74 Å². The summed E-state index contributed by atoms with van der Waals surface area (Å²) in [6.45, 7) is 0.187. The SMILES string of the molecule is O=C1c2cccc(F)c2OCC1Br. The number of carbonyl (C=O) groups is 1. The first kappa shape index (κ1) is 8.69. The van der Waals surface area contributed by atoms with Gasteiger partial charge in [-0.05, 0) is 12.1 Å². The molecule has 0 bridgehead atoms. The second-order valence-corrected chi connectivity index (χ2v) is 3.86. The lowest BCUT2D eigenvalue weighted by Gasteiger charge is -2.20. The Morgan fingerprint density at radius 2 is 2.31 bits per heavy atom. The summed E-state index contributed by atoms with van der Waals surface area (Å²) in [5, 5.41) is 0. The number of alkyl halides is 1. The van der Waals surface area contributed by atoms with Crippen LogP contribution in [-0.2, 0) is 0 Å². The number of benzene rings is 1. The number of fused-ring (bicyclic) bond motifs is 1. The van der Waals surface area contributed by atoms with E-state index in [-0.39, 0.29) is 23.0 Å². The Morgan fingerprint density at radius 1 is 1.54 bits per heavy atom. The fraction of sp³-hybridized carbons (Fsp3) is 0.222. The minimum atomic E-state index is -0.481. The van der Waals surface area contributed by atoms with E-state index in [1.54, 1.807) is 6.07 Å². The normalized spacial score (nSPS) is 20.8. The largest absolute Gasteiger partial charge is 0.488 e. The zero-order valence-electron chi connectivity index (χ0n) is 6.59. The van der Waals surface area contributed by atoms with Crippen molar-refractivity contribution in [3.63, 3.8) is 0 Å². The molecule has 0 radical (unpaired) electrons. The number of hydrogen-bond donors (Lipinski definition) is 0. The van der Waals surface area contributed by atoms with Crippen LogP contribution in [0.15, 0.2) is 18.2 Å². The lowest BCUT2D eigenvalue weighted by Crippen LogP contribution is -2.28. The van der Waals surface area contributed by atoms with E-state index in [2.05, 4.69) is 15.9 Å². The molecule has 0 N–H and O–H groups in total. The molecule has 1 aromatic rings. The molecular weight excluding hydrogens is 239 g/mol. The fourth-order valence-corrected chi connectivity index (χ4v) is 1.63. The van der Waals surface area contributed by atoms with Crippen LogP contribution in [0.2, 0.25) is 0 Å². The van der Waals surface area contributed by atoms with E-state index >= 15 is 0 Å². The fourth-order valence-electron chi connectivity index (χ4n) is 1.25. The van der Waals surface area contributed by atoms with Crippen LogP contribution in [0.4, 0.5) is 4.39 Å². The number of Topliss-reactive ketones (excluding diaryl/α,β-unsaturated/α-hetero) is 1. The summed E-state index contributed by atoms with van der Waals surface area (Å²) in [7, 11) is 0. The average molecular weight is 245 g/mol. The number of halogens is 2. The Morgan fingerprint density at radius 3 is 3.08 bits per heavy atom. The third-order valence-electron chi connectivity index (χ3n) is 1.89. The number of carbonyl (C=O) groups excluding carboxylic acids is 1. The molecular formula is C9H6BrFO2. The van der Waals surface area contributed by atoms with Crippen LogP contribution in [0.3, 0.4) is 0 Å². The third kappa shape index (κ3) is 1.35. The van der Waals surface area contributed by atoms with Gasteiger partial charge in [0, 0.05) is 0 Å². The number of ketones is 1. The highest BCUT2D eigenvalue weighted by Crippen LogP contribution is 2.29. The van der Waals surface area contributed by atoms with E-state index in [9.17, 15) is 9.18 Å². The van der Waals surface area contributed by atoms with Gasteiger partial charge in [0.25, 0.3) is 0 Å². The minimum absolute atomic E-state index is 0.0724. The molecule has 4 heteroatoms. The molecule has 1 unspecified atom stereocenters. The van der Waals surface area contributed by atoms with E-state index < -0.39 is 5.82 Å². The summed E-state index contributed by atoms with van der Waals surface area (Å²) in [4.78, 5) is 11.1. The molecule has 1 aromatic carbocycles. The first-order chi connectivity index (χ1) is 6.20. The lowest BCUT2D eigenvalue weighted by molar-refractivity contribution is 0.0942. The topological polar surface area (TPSA) is 26.3 Å². The molecule has 0 aliphatic carbocycles. The molecule has 0 saturated carbocycles. The Bertz CT molecular complexity index is 365. The quantitative estimate of drug-likeness (QED) is 0.654. The average Bonchev–Trinajstić information content (AvgIpc) is 2.12. The van der Waals surface area contributed by atoms with Crippen LogP contribution in [0.1, 0.15) is 10.4 Å². The van der Waals surface area contributed by atoms with Crippen molar-refractivity contribution in [2.75, 3.05) is 6.61 Å². The molecule has 0 saturated heterocycles. The van der Waals surface area contributed by atoms with Crippen LogP contribution < -0.4 is 4.74 Å². The molecule has 2 nitrogen and oxygen atoms in total. The summed E-state index contributed by atoms with van der Waals surface area (Å²) in [5.41, 5.74) is 0.313. The monoisotopic (exact) mass is 244 g/mol. The molecule has 2 rings (SSSR count). The van der Waals surface area contributed by atoms with Crippen molar-refractivity contribution in [1.82, 2.24) is 0 Å². The second kappa shape index (κ2) is 3.10. The summed E-state index contributed by atoms with van der Waals surface area (Å²) in [6.07, 6.45) is 0. The minimum Gasteiger partial charge on any atom is -0.488 e. The van der Waals surface area contributed by atoms with Crippen molar-refractivity contribution < 1.29 is 13.9 Å². The van der Waals surface area contributed by atoms with E-state index in [1.165, 1.54) is 12.1 Å². The third-order valence-corrected chi connectivity index (χ3v) is 2.57. The molecule has 0 aromatic heterocycles. The van der Waals surface area contributed by atoms with Crippen molar-refractivity contribution in [3.05, 3.63) is 29.6 Å². The Hall–Kier alpha value is -0.900. The van der Waals surface area contributed by atoms with Crippen LogP contribution in [0.25, 0.3) is 0 Å². The zero-order valence-corrected chi connectivity index (χ0v) is 8.17. The number of para-hydroxylation sites is 1. The summed E-state index contributed by atoms with van der Waals surface area (Å²) < 4.78 is 18.2. The maximum Gasteiger partial charge on any atom is 0.183 e. The van der Waals surface area contributed by atoms with Crippen molar-refractivity contribution in [2.45, 2.75) is 4.83 Å². The van der Waals surface area contributed by atoms with Gasteiger partial charge in [0.2, 0.25) is 0 Å². The maximum atomic E-state index is 13.1. The van der Waals surface area contributed by atoms with E-state index in [1.807, 2.05) is 0 Å². The smallest absolute Gasteiger partial charge is 0.183 e. The first-order valence-electron chi connectivity index (χ1n) is 3.80. The highest BCUT2D eigenvalue weighted by molar-refractivity contribution is 9.10. The van der Waals surface area contributed by atoms with Gasteiger partial charge < -0.3 is 4.74 Å². The van der Waals surface area contributed by atoms with Gasteiger partial charge >= 0.3 is 0 Å². The molecule has 1 aliphatic heterocycles. The molecule has 1 aliphatic rings. The summed E-state index contributed by atoms with van der Waals surface area (Å²) >= 11 is 3.15. The maximum absolute atomic E-state index is 13.1. The van der Waals surface area contributed by atoms with Crippen LogP contribution in [0, 0.1) is 5.82 Å². The van der Waals surface area contributed by atoms with Crippen molar-refractivity contribution >= 4 is 21.7 Å². The standard InChI is InChI=1S/C9H6BrFO2/c10-6-4-13-9-5(8(6)12)2-1-3-7(9)11/h1-3,6H,4H2. The first-order valence-corrected chi connectivity index (χ1v) is 4.71. The second-order valence-electron chi connectivity index (χ2n) is 2.76. The lowest BCUT2D eigenvalue weighted by atomic mass is 10.1. The van der Waals surface area contributed by atoms with Crippen LogP contribution in [-0.4, -0.2) is 17.2 Å². The van der Waals surface area contributed by atoms with Crippen LogP contribution in [0.5, 0.6) is 5.75 Å². The summed E-state index contributed by atoms with van der Waals surface area (Å²) in [6, 6.07) is 4.34. The zero-order chi connectivity index (χ0) is 9.42. The van der Waals surface area contributed by atoms with Crippen molar-refractivity contribution in [1.29, 1.82) is 0 Å². The van der Waals surface area contributed by atoms with Gasteiger partial charge in [-0.2, -0.15) is 0 Å². The van der Waals surface area contributed by atoms with E-state index in [0.717, 1.165) is 0 Å². The molecule has 13 heavy (non-hydrogen) atoms. The molecule has 68 valence electrons. The Balaban J connectivity index is 2.55. The molecule has 1 heterocycles. The summed E-state index contributed by atoms with van der Waals surface area (Å²) in [5.74, 6) is -0.533. The van der Waals surface area contributed by atoms with Crippen molar-refractivity contribution in [2.24, 2.45) is 0 Å². The van der Waals surface area contributed by atoms with Crippen molar-refractivity contribution in [3.8, 4) is 5.75 Å².